The van der Waals surface area contributed by atoms with Crippen molar-refractivity contribution in [2.24, 2.45) is 0 Å². The smallest absolute Gasteiger partial charge is 0.578 e. The number of rotatable bonds is 2. The Morgan fingerprint density at radius 2 is 1.79 bits per heavy atom. The van der Waals surface area contributed by atoms with Gasteiger partial charge in [0.2, 0.25) is 8.32 Å². The summed E-state index contributed by atoms with van der Waals surface area (Å²) in [5.41, 5.74) is 0. The summed E-state index contributed by atoms with van der Waals surface area (Å²) in [7, 11) is -1.76. The van der Waals surface area contributed by atoms with Crippen LogP contribution >= 0.6 is 0 Å². The number of nitrogens with zero attached hydrogens (tertiary/aromatic N) is 1. The predicted molar refractivity (Wildman–Crippen MR) is 56.3 cm³/mol. The van der Waals surface area contributed by atoms with Crippen LogP contribution in [-0.4, -0.2) is 8.32 Å². The van der Waals surface area contributed by atoms with Crippen molar-refractivity contribution in [2.45, 2.75) is 45.8 Å². The summed E-state index contributed by atoms with van der Waals surface area (Å²) in [5, 5.41) is 8.56. The fraction of sp³-hybridized carbons (Fsp3) is 0.700. The minimum Gasteiger partial charge on any atom is -0.578 e. The average molecular weight is 203 g/mol. The van der Waals surface area contributed by atoms with Crippen molar-refractivity contribution < 1.29 is 23.3 Å². The Bertz CT molecular complexity index is 248. The van der Waals surface area contributed by atoms with Gasteiger partial charge in [0.05, 0.1) is 0 Å². The third kappa shape index (κ3) is 4.91. The molecule has 0 bridgehead atoms. The Labute approximate surface area is 101 Å². The van der Waals surface area contributed by atoms with Gasteiger partial charge in [-0.3, -0.25) is 0 Å². The summed E-state index contributed by atoms with van der Waals surface area (Å²) in [5.74, 6) is 0.606. The largest absolute Gasteiger partial charge is 1.00 e. The van der Waals surface area contributed by atoms with Crippen molar-refractivity contribution in [1.82, 2.24) is 0 Å². The number of hydrogen-bond donors (Lipinski definition) is 0. The normalized spacial score (nSPS) is 12.8. The van der Waals surface area contributed by atoms with Gasteiger partial charge >= 0.3 is 18.9 Å². The van der Waals surface area contributed by atoms with E-state index in [2.05, 4.69) is 39.9 Å². The van der Waals surface area contributed by atoms with E-state index < -0.39 is 8.32 Å². The average Bonchev–Trinajstić information content (AvgIpc) is 1.83. The summed E-state index contributed by atoms with van der Waals surface area (Å²) >= 11 is 0. The minimum atomic E-state index is -1.76. The molecule has 0 aliphatic rings. The van der Waals surface area contributed by atoms with Crippen LogP contribution in [0.25, 0.3) is 0 Å². The first-order chi connectivity index (χ1) is 5.70. The minimum absolute atomic E-state index is 0. The van der Waals surface area contributed by atoms with Gasteiger partial charge < -0.3 is 10.5 Å². The molecule has 14 heavy (non-hydrogen) atoms. The summed E-state index contributed by atoms with van der Waals surface area (Å²) in [6.07, 6.45) is 2.51. The van der Waals surface area contributed by atoms with Gasteiger partial charge in [-0.2, -0.15) is 0 Å². The molecule has 0 rings (SSSR count). The number of nitriles is 1. The zero-order valence-corrected chi connectivity index (χ0v) is 11.4. The molecule has 0 aromatic heterocycles. The van der Waals surface area contributed by atoms with Crippen LogP contribution < -0.4 is 18.9 Å². The Balaban J connectivity index is 0. The van der Waals surface area contributed by atoms with Gasteiger partial charge in [0.15, 0.2) is 0 Å². The molecule has 0 saturated heterocycles. The second-order valence-corrected chi connectivity index (χ2v) is 9.38. The van der Waals surface area contributed by atoms with E-state index in [-0.39, 0.29) is 23.9 Å². The SMILES string of the molecule is CC(=[C-]C#N)O[Si](C)(C)C(C)(C)C.[Li+]. The van der Waals surface area contributed by atoms with Gasteiger partial charge in [0, 0.05) is 0 Å². The monoisotopic (exact) mass is 203 g/mol. The fourth-order valence-corrected chi connectivity index (χ4v) is 1.76. The molecule has 0 aromatic carbocycles. The molecule has 0 amide bonds. The van der Waals surface area contributed by atoms with E-state index in [0.29, 0.717) is 5.76 Å². The van der Waals surface area contributed by atoms with Gasteiger partial charge in [-0.25, -0.2) is 5.26 Å². The van der Waals surface area contributed by atoms with Crippen LogP contribution in [0.5, 0.6) is 0 Å². The molecular formula is C10H18LiNOSi. The molecular weight excluding hydrogens is 185 g/mol. The Kier molecular flexibility index (Phi) is 6.58. The molecule has 0 radical (unpaired) electrons. The maximum absolute atomic E-state index is 8.39. The summed E-state index contributed by atoms with van der Waals surface area (Å²) < 4.78 is 5.76. The van der Waals surface area contributed by atoms with Crippen LogP contribution in [0.15, 0.2) is 5.76 Å². The summed E-state index contributed by atoms with van der Waals surface area (Å²) in [6.45, 7) is 12.6. The first-order valence-corrected chi connectivity index (χ1v) is 7.29. The predicted octanol–water partition coefficient (Wildman–Crippen LogP) is 0.243. The van der Waals surface area contributed by atoms with Gasteiger partial charge in [0.1, 0.15) is 0 Å². The Morgan fingerprint density at radius 1 is 1.36 bits per heavy atom. The van der Waals surface area contributed by atoms with Gasteiger partial charge in [0.25, 0.3) is 0 Å². The molecule has 0 aromatic rings. The van der Waals surface area contributed by atoms with Crippen molar-refractivity contribution >= 4 is 8.32 Å². The summed E-state index contributed by atoms with van der Waals surface area (Å²) in [4.78, 5) is 0. The van der Waals surface area contributed by atoms with Crippen LogP contribution in [0.1, 0.15) is 27.7 Å². The molecule has 0 N–H and O–H groups in total. The second kappa shape index (κ2) is 5.66. The molecule has 74 valence electrons. The molecule has 0 atom stereocenters. The number of allylic oxidation sites excluding steroid dienone is 2. The molecule has 0 fully saturated rings. The van der Waals surface area contributed by atoms with Crippen LogP contribution in [-0.2, 0) is 4.43 Å². The molecule has 2 nitrogen and oxygen atoms in total. The van der Waals surface area contributed by atoms with E-state index in [9.17, 15) is 0 Å². The van der Waals surface area contributed by atoms with Crippen LogP contribution in [0.2, 0.25) is 18.1 Å². The standard InChI is InChI=1S/C10H18NOSi.Li/c1-9(7-8-11)12-13(5,6)10(2,3)4;/h1-6H3;/q-1;+1. The topological polar surface area (TPSA) is 33.0 Å². The maximum atomic E-state index is 8.39. The van der Waals surface area contributed by atoms with Gasteiger partial charge in [-0.15, -0.1) is 6.07 Å². The third-order valence-electron chi connectivity index (χ3n) is 2.45. The zero-order chi connectivity index (χ0) is 10.7. The molecule has 0 saturated carbocycles. The third-order valence-corrected chi connectivity index (χ3v) is 6.88. The van der Waals surface area contributed by atoms with E-state index in [0.717, 1.165) is 0 Å². The Morgan fingerprint density at radius 3 is 2.07 bits per heavy atom. The van der Waals surface area contributed by atoms with Crippen molar-refractivity contribution in [3.8, 4) is 6.07 Å². The second-order valence-electron chi connectivity index (χ2n) is 4.66. The van der Waals surface area contributed by atoms with Gasteiger partial charge in [-0.1, -0.05) is 26.5 Å². The van der Waals surface area contributed by atoms with Crippen LogP contribution in [0.3, 0.4) is 0 Å². The molecule has 0 aliphatic heterocycles. The van der Waals surface area contributed by atoms with E-state index >= 15 is 0 Å². The molecule has 0 unspecified atom stereocenters. The summed E-state index contributed by atoms with van der Waals surface area (Å²) in [6, 6.07) is 1.85. The van der Waals surface area contributed by atoms with Crippen molar-refractivity contribution in [1.29, 1.82) is 5.26 Å². The van der Waals surface area contributed by atoms with Crippen molar-refractivity contribution in [3.05, 3.63) is 11.8 Å². The fourth-order valence-electron chi connectivity index (χ4n) is 0.640. The number of hydrogen-bond acceptors (Lipinski definition) is 2. The zero-order valence-electron chi connectivity index (χ0n) is 10.4. The molecule has 0 aliphatic carbocycles. The van der Waals surface area contributed by atoms with Crippen LogP contribution in [0, 0.1) is 17.4 Å². The van der Waals surface area contributed by atoms with Gasteiger partial charge in [-0.05, 0) is 25.1 Å². The first kappa shape index (κ1) is 16.3. The van der Waals surface area contributed by atoms with Crippen molar-refractivity contribution in [2.75, 3.05) is 0 Å². The molecule has 4 heteroatoms. The van der Waals surface area contributed by atoms with E-state index in [1.165, 1.54) is 0 Å². The molecule has 0 heterocycles. The quantitative estimate of drug-likeness (QED) is 0.279. The maximum Gasteiger partial charge on any atom is 1.00 e. The van der Waals surface area contributed by atoms with Crippen LogP contribution in [0.4, 0.5) is 0 Å². The molecule has 0 spiro atoms. The Hall–Kier alpha value is -0.156. The van der Waals surface area contributed by atoms with E-state index in [4.69, 9.17) is 9.69 Å². The van der Waals surface area contributed by atoms with E-state index in [1.807, 2.05) is 6.07 Å². The van der Waals surface area contributed by atoms with E-state index in [1.54, 1.807) is 6.92 Å². The first-order valence-electron chi connectivity index (χ1n) is 4.38. The van der Waals surface area contributed by atoms with Crippen molar-refractivity contribution in [3.63, 3.8) is 0 Å².